The highest BCUT2D eigenvalue weighted by atomic mass is 19.4. The summed E-state index contributed by atoms with van der Waals surface area (Å²) in [6.07, 6.45) is -4.81. The number of hydrogen-bond acceptors (Lipinski definition) is 6. The van der Waals surface area contributed by atoms with Gasteiger partial charge < -0.3 is 30.2 Å². The third-order valence-electron chi connectivity index (χ3n) is 6.99. The summed E-state index contributed by atoms with van der Waals surface area (Å²) >= 11 is 0. The lowest BCUT2D eigenvalue weighted by atomic mass is 9.92. The van der Waals surface area contributed by atoms with E-state index in [0.29, 0.717) is 23.5 Å². The van der Waals surface area contributed by atoms with Crippen LogP contribution in [0.5, 0.6) is 5.75 Å². The minimum Gasteiger partial charge on any atom is -0.495 e. The van der Waals surface area contributed by atoms with E-state index in [0.717, 1.165) is 10.9 Å². The van der Waals surface area contributed by atoms with Crippen molar-refractivity contribution in [2.45, 2.75) is 31.9 Å². The van der Waals surface area contributed by atoms with E-state index in [1.54, 1.807) is 25.2 Å². The normalized spacial score (nSPS) is 19.1. The number of benzene rings is 2. The molecule has 2 aromatic carbocycles. The predicted octanol–water partition coefficient (Wildman–Crippen LogP) is 3.45. The molecule has 0 unspecified atom stereocenters. The Kier molecular flexibility index (Phi) is 9.26. The van der Waals surface area contributed by atoms with Crippen molar-refractivity contribution in [2.75, 3.05) is 46.2 Å². The molecule has 3 N–H and O–H groups in total. The van der Waals surface area contributed by atoms with Crippen molar-refractivity contribution >= 4 is 28.5 Å². The van der Waals surface area contributed by atoms with Gasteiger partial charge >= 0.3 is 6.18 Å². The topological polar surface area (TPSA) is 101 Å². The molecule has 0 aliphatic carbocycles. The van der Waals surface area contributed by atoms with Crippen molar-refractivity contribution in [1.29, 1.82) is 0 Å². The van der Waals surface area contributed by atoms with E-state index in [1.165, 1.54) is 26.3 Å². The Labute approximate surface area is 240 Å². The second-order valence-corrected chi connectivity index (χ2v) is 10.2. The number of hydrogen-bond donors (Lipinski definition) is 3. The van der Waals surface area contributed by atoms with Crippen LogP contribution in [0.1, 0.15) is 33.2 Å². The summed E-state index contributed by atoms with van der Waals surface area (Å²) in [7, 11) is 4.79. The van der Waals surface area contributed by atoms with Gasteiger partial charge in [-0.25, -0.2) is 9.37 Å². The molecular weight excluding hydrogens is 556 g/mol. The van der Waals surface area contributed by atoms with E-state index in [-0.39, 0.29) is 47.1 Å². The van der Waals surface area contributed by atoms with Gasteiger partial charge in [0.05, 0.1) is 42.8 Å². The van der Waals surface area contributed by atoms with Crippen molar-refractivity contribution in [1.82, 2.24) is 25.1 Å². The number of nitrogens with zero attached hydrogens (tertiary/aromatic N) is 3. The van der Waals surface area contributed by atoms with Gasteiger partial charge in [-0.05, 0) is 43.3 Å². The number of rotatable bonds is 7. The molecule has 3 aromatic rings. The Balaban J connectivity index is 1.63. The zero-order chi connectivity index (χ0) is 30.6. The highest BCUT2D eigenvalue weighted by molar-refractivity contribution is 6.05. The summed E-state index contributed by atoms with van der Waals surface area (Å²) in [4.78, 5) is 31.3. The van der Waals surface area contributed by atoms with Gasteiger partial charge in [-0.15, -0.1) is 0 Å². The standard InChI is InChI=1S/C29H32F4N6O3/c1-17-13-38(3)14-21(30)25(17)37-28(41)20-10-18(11-23-26(20)36-16-39(23)15-29(31,32)33)6-5-9-35-22-12-19(27(40)34-2)7-8-24(22)42-4/h7-8,10-12,16-17,21,25,35H,9,13-15H2,1-4H3,(H,34,40)(H,37,41)/t17-,21-,25+/m0/s1. The molecule has 0 radical (unpaired) electrons. The van der Waals surface area contributed by atoms with Gasteiger partial charge in [0.25, 0.3) is 11.8 Å². The van der Waals surface area contributed by atoms with Crippen LogP contribution >= 0.6 is 0 Å². The SMILES string of the molecule is CNC(=O)c1ccc(OC)c(NCC#Cc2cc(C(=O)N[C@@H]3[C@@H](C)CN(C)C[C@@H]3F)c3ncn(CC(F)(F)F)c3c2)c1. The van der Waals surface area contributed by atoms with E-state index >= 15 is 0 Å². The smallest absolute Gasteiger partial charge is 0.406 e. The average Bonchev–Trinajstić information content (AvgIpc) is 3.32. The molecule has 0 spiro atoms. The molecule has 1 aromatic heterocycles. The first-order chi connectivity index (χ1) is 19.9. The Morgan fingerprint density at radius 1 is 1.17 bits per heavy atom. The number of aromatic nitrogens is 2. The van der Waals surface area contributed by atoms with Gasteiger partial charge in [-0.3, -0.25) is 9.59 Å². The molecule has 1 aliphatic heterocycles. The van der Waals surface area contributed by atoms with Crippen LogP contribution < -0.4 is 20.7 Å². The number of carbonyl (C=O) groups excluding carboxylic acids is 2. The number of halogens is 4. The molecule has 2 amide bonds. The lowest BCUT2D eigenvalue weighted by Crippen LogP contribution is -2.56. The van der Waals surface area contributed by atoms with Gasteiger partial charge in [-0.1, -0.05) is 18.8 Å². The number of ether oxygens (including phenoxy) is 1. The van der Waals surface area contributed by atoms with E-state index in [2.05, 4.69) is 32.8 Å². The molecule has 3 atom stereocenters. The number of alkyl halides is 4. The van der Waals surface area contributed by atoms with Crippen LogP contribution in [0, 0.1) is 17.8 Å². The minimum absolute atomic E-state index is 0.00367. The fraction of sp³-hybridized carbons (Fsp3) is 0.414. The van der Waals surface area contributed by atoms with Crippen LogP contribution in [-0.4, -0.2) is 85.5 Å². The van der Waals surface area contributed by atoms with Gasteiger partial charge in [-0.2, -0.15) is 13.2 Å². The molecule has 13 heteroatoms. The Morgan fingerprint density at radius 3 is 2.60 bits per heavy atom. The third-order valence-corrected chi connectivity index (χ3v) is 6.99. The maximum absolute atomic E-state index is 14.8. The van der Waals surface area contributed by atoms with Crippen molar-refractivity contribution in [3.8, 4) is 17.6 Å². The number of imidazole rings is 1. The number of fused-ring (bicyclic) bond motifs is 1. The summed E-state index contributed by atoms with van der Waals surface area (Å²) in [5.41, 5.74) is 1.33. The molecule has 42 heavy (non-hydrogen) atoms. The molecule has 4 rings (SSSR count). The van der Waals surface area contributed by atoms with Crippen molar-refractivity contribution < 1.29 is 31.9 Å². The highest BCUT2D eigenvalue weighted by Crippen LogP contribution is 2.27. The molecule has 224 valence electrons. The van der Waals surface area contributed by atoms with Crippen molar-refractivity contribution in [3.63, 3.8) is 0 Å². The summed E-state index contributed by atoms with van der Waals surface area (Å²) < 4.78 is 60.9. The Morgan fingerprint density at radius 2 is 1.93 bits per heavy atom. The van der Waals surface area contributed by atoms with Crippen LogP contribution in [0.3, 0.4) is 0 Å². The molecule has 1 aliphatic rings. The third kappa shape index (κ3) is 7.12. The lowest BCUT2D eigenvalue weighted by Gasteiger charge is -2.37. The van der Waals surface area contributed by atoms with Crippen LogP contribution in [0.15, 0.2) is 36.7 Å². The number of likely N-dealkylation sites (tertiary alicyclic amines) is 1. The second kappa shape index (κ2) is 12.7. The number of methoxy groups -OCH3 is 1. The quantitative estimate of drug-likeness (QED) is 0.289. The molecule has 1 saturated heterocycles. The average molecular weight is 589 g/mol. The number of carbonyl (C=O) groups is 2. The van der Waals surface area contributed by atoms with E-state index in [9.17, 15) is 27.2 Å². The largest absolute Gasteiger partial charge is 0.495 e. The molecule has 0 bridgehead atoms. The highest BCUT2D eigenvalue weighted by Gasteiger charge is 2.35. The monoisotopic (exact) mass is 588 g/mol. The first-order valence-corrected chi connectivity index (χ1v) is 13.2. The molecule has 2 heterocycles. The zero-order valence-electron chi connectivity index (χ0n) is 23.6. The van der Waals surface area contributed by atoms with Crippen LogP contribution in [-0.2, 0) is 6.54 Å². The lowest BCUT2D eigenvalue weighted by molar-refractivity contribution is -0.139. The number of amides is 2. The van der Waals surface area contributed by atoms with Crippen molar-refractivity contribution in [3.05, 3.63) is 53.3 Å². The molecule has 9 nitrogen and oxygen atoms in total. The summed E-state index contributed by atoms with van der Waals surface area (Å²) in [5, 5.41) is 8.34. The Bertz CT molecular complexity index is 1520. The van der Waals surface area contributed by atoms with Crippen LogP contribution in [0.2, 0.25) is 0 Å². The molecular formula is C29H32F4N6O3. The van der Waals surface area contributed by atoms with Gasteiger partial charge in [0.1, 0.15) is 24.0 Å². The van der Waals surface area contributed by atoms with Crippen LogP contribution in [0.4, 0.5) is 23.2 Å². The first kappa shape index (κ1) is 30.6. The summed E-state index contributed by atoms with van der Waals surface area (Å²) in [6.45, 7) is 1.35. The minimum atomic E-state index is -4.52. The predicted molar refractivity (Wildman–Crippen MR) is 150 cm³/mol. The number of nitrogens with one attached hydrogen (secondary N) is 3. The maximum Gasteiger partial charge on any atom is 0.406 e. The van der Waals surface area contributed by atoms with Gasteiger partial charge in [0.2, 0.25) is 0 Å². The first-order valence-electron chi connectivity index (χ1n) is 13.2. The molecule has 0 saturated carbocycles. The zero-order valence-corrected chi connectivity index (χ0v) is 23.6. The van der Waals surface area contributed by atoms with E-state index in [4.69, 9.17) is 4.74 Å². The van der Waals surface area contributed by atoms with Crippen LogP contribution in [0.25, 0.3) is 11.0 Å². The Hall–Kier alpha value is -4.31. The second-order valence-electron chi connectivity index (χ2n) is 10.2. The fourth-order valence-electron chi connectivity index (χ4n) is 5.05. The van der Waals surface area contributed by atoms with E-state index in [1.807, 2.05) is 11.8 Å². The summed E-state index contributed by atoms with van der Waals surface area (Å²) in [5.74, 6) is 5.14. The molecule has 1 fully saturated rings. The fourth-order valence-corrected chi connectivity index (χ4v) is 5.05. The van der Waals surface area contributed by atoms with Gasteiger partial charge in [0, 0.05) is 31.3 Å². The van der Waals surface area contributed by atoms with E-state index < -0.39 is 30.8 Å². The van der Waals surface area contributed by atoms with Crippen molar-refractivity contribution in [2.24, 2.45) is 5.92 Å². The summed E-state index contributed by atoms with van der Waals surface area (Å²) in [6, 6.07) is 6.95. The maximum atomic E-state index is 14.8. The van der Waals surface area contributed by atoms with Gasteiger partial charge in [0.15, 0.2) is 0 Å². The number of piperidine rings is 1. The number of anilines is 1.